The van der Waals surface area contributed by atoms with Crippen LogP contribution in [0.2, 0.25) is 5.02 Å². The molecule has 12 heavy (non-hydrogen) atoms. The zero-order valence-electron chi connectivity index (χ0n) is 6.41. The average molecular weight is 187 g/mol. The van der Waals surface area contributed by atoms with Crippen molar-refractivity contribution < 1.29 is 14.3 Å². The van der Waals surface area contributed by atoms with E-state index in [1.165, 1.54) is 7.11 Å². The molecule has 0 fully saturated rings. The molecule has 0 saturated carbocycles. The molecule has 1 aromatic rings. The van der Waals surface area contributed by atoms with Gasteiger partial charge in [0.25, 0.3) is 6.47 Å². The molecule has 0 radical (unpaired) electrons. The molecule has 0 aliphatic heterocycles. The highest BCUT2D eigenvalue weighted by molar-refractivity contribution is 6.30. The minimum Gasteiger partial charge on any atom is -0.493 e. The van der Waals surface area contributed by atoms with Gasteiger partial charge in [0.1, 0.15) is 0 Å². The van der Waals surface area contributed by atoms with E-state index in [1.54, 1.807) is 18.2 Å². The van der Waals surface area contributed by atoms with Crippen LogP contribution in [-0.4, -0.2) is 13.6 Å². The normalized spacial score (nSPS) is 9.17. The molecule has 0 aliphatic rings. The van der Waals surface area contributed by atoms with Crippen molar-refractivity contribution in [2.24, 2.45) is 0 Å². The van der Waals surface area contributed by atoms with Gasteiger partial charge in [0.05, 0.1) is 7.11 Å². The molecular weight excluding hydrogens is 180 g/mol. The summed E-state index contributed by atoms with van der Waals surface area (Å²) in [6.45, 7) is 0.339. The van der Waals surface area contributed by atoms with Gasteiger partial charge in [-0.2, -0.15) is 0 Å². The Bertz CT molecular complexity index is 286. The summed E-state index contributed by atoms with van der Waals surface area (Å²) in [7, 11) is 1.48. The standard InChI is InChI=1S/C8H7ClO3/c1-11-8-4-6(9)2-3-7(8)12-5-10/h2-5H,1H3. The largest absolute Gasteiger partial charge is 0.493 e. The van der Waals surface area contributed by atoms with Crippen LogP contribution in [0.1, 0.15) is 0 Å². The molecule has 0 atom stereocenters. The van der Waals surface area contributed by atoms with Gasteiger partial charge >= 0.3 is 0 Å². The molecule has 0 bridgehead atoms. The quantitative estimate of drug-likeness (QED) is 0.677. The van der Waals surface area contributed by atoms with E-state index < -0.39 is 0 Å². The van der Waals surface area contributed by atoms with E-state index in [-0.39, 0.29) is 0 Å². The van der Waals surface area contributed by atoms with Gasteiger partial charge in [0.15, 0.2) is 11.5 Å². The molecule has 1 rings (SSSR count). The zero-order chi connectivity index (χ0) is 8.97. The third kappa shape index (κ3) is 1.89. The molecular formula is C8H7ClO3. The molecule has 1 aromatic carbocycles. The fourth-order valence-corrected chi connectivity index (χ4v) is 0.953. The molecule has 0 saturated heterocycles. The molecule has 0 aromatic heterocycles. The highest BCUT2D eigenvalue weighted by Gasteiger charge is 2.03. The molecule has 0 amide bonds. The number of hydrogen-bond donors (Lipinski definition) is 0. The lowest BCUT2D eigenvalue weighted by molar-refractivity contribution is -0.120. The lowest BCUT2D eigenvalue weighted by Gasteiger charge is -2.05. The Balaban J connectivity index is 3.01. The van der Waals surface area contributed by atoms with E-state index in [9.17, 15) is 4.79 Å². The second kappa shape index (κ2) is 3.97. The summed E-state index contributed by atoms with van der Waals surface area (Å²) in [4.78, 5) is 10.0. The second-order valence-electron chi connectivity index (χ2n) is 2.01. The van der Waals surface area contributed by atoms with Crippen LogP contribution in [0.15, 0.2) is 18.2 Å². The molecule has 64 valence electrons. The van der Waals surface area contributed by atoms with Gasteiger partial charge in [0.2, 0.25) is 0 Å². The number of rotatable bonds is 3. The van der Waals surface area contributed by atoms with E-state index in [2.05, 4.69) is 4.74 Å². The first-order chi connectivity index (χ1) is 5.77. The maximum atomic E-state index is 10.0. The minimum atomic E-state index is 0.339. The molecule has 0 aliphatic carbocycles. The van der Waals surface area contributed by atoms with Crippen LogP contribution < -0.4 is 9.47 Å². The van der Waals surface area contributed by atoms with Crippen LogP contribution in [0.5, 0.6) is 11.5 Å². The minimum absolute atomic E-state index is 0.339. The summed E-state index contributed by atoms with van der Waals surface area (Å²) < 4.78 is 9.53. The molecule has 0 spiro atoms. The summed E-state index contributed by atoms with van der Waals surface area (Å²) in [5, 5.41) is 0.532. The van der Waals surface area contributed by atoms with E-state index in [0.29, 0.717) is 23.0 Å². The fraction of sp³-hybridized carbons (Fsp3) is 0.125. The average Bonchev–Trinajstić information content (AvgIpc) is 2.08. The first-order valence-electron chi connectivity index (χ1n) is 3.21. The number of carbonyl (C=O) groups excluding carboxylic acids is 1. The van der Waals surface area contributed by atoms with Crippen LogP contribution in [0.3, 0.4) is 0 Å². The lowest BCUT2D eigenvalue weighted by Crippen LogP contribution is -1.92. The van der Waals surface area contributed by atoms with Gasteiger partial charge < -0.3 is 9.47 Å². The van der Waals surface area contributed by atoms with Gasteiger partial charge in [-0.3, -0.25) is 4.79 Å². The van der Waals surface area contributed by atoms with Crippen molar-refractivity contribution in [1.82, 2.24) is 0 Å². The van der Waals surface area contributed by atoms with Crippen molar-refractivity contribution in [3.8, 4) is 11.5 Å². The number of carbonyl (C=O) groups is 1. The Morgan fingerprint density at radius 1 is 1.42 bits per heavy atom. The van der Waals surface area contributed by atoms with Crippen molar-refractivity contribution in [2.45, 2.75) is 0 Å². The number of benzene rings is 1. The Hall–Kier alpha value is -1.22. The molecule has 0 heterocycles. The summed E-state index contributed by atoms with van der Waals surface area (Å²) >= 11 is 5.67. The van der Waals surface area contributed by atoms with Gasteiger partial charge in [-0.05, 0) is 12.1 Å². The van der Waals surface area contributed by atoms with Gasteiger partial charge in [-0.25, -0.2) is 0 Å². The topological polar surface area (TPSA) is 35.5 Å². The first kappa shape index (κ1) is 8.87. The maximum Gasteiger partial charge on any atom is 0.298 e. The van der Waals surface area contributed by atoms with Crippen molar-refractivity contribution in [3.63, 3.8) is 0 Å². The van der Waals surface area contributed by atoms with E-state index in [0.717, 1.165) is 0 Å². The highest BCUT2D eigenvalue weighted by atomic mass is 35.5. The van der Waals surface area contributed by atoms with Crippen molar-refractivity contribution >= 4 is 18.1 Å². The van der Waals surface area contributed by atoms with Gasteiger partial charge in [-0.1, -0.05) is 11.6 Å². The summed E-state index contributed by atoms with van der Waals surface area (Å²) in [5.41, 5.74) is 0. The van der Waals surface area contributed by atoms with Crippen LogP contribution in [0, 0.1) is 0 Å². The smallest absolute Gasteiger partial charge is 0.298 e. The Morgan fingerprint density at radius 3 is 2.75 bits per heavy atom. The van der Waals surface area contributed by atoms with Gasteiger partial charge in [-0.15, -0.1) is 0 Å². The van der Waals surface area contributed by atoms with E-state index in [1.807, 2.05) is 0 Å². The molecule has 4 heteroatoms. The van der Waals surface area contributed by atoms with Crippen molar-refractivity contribution in [3.05, 3.63) is 23.2 Å². The third-order valence-electron chi connectivity index (χ3n) is 1.30. The van der Waals surface area contributed by atoms with Crippen molar-refractivity contribution in [2.75, 3.05) is 7.11 Å². The number of halogens is 1. The SMILES string of the molecule is COc1cc(Cl)ccc1OC=O. The molecule has 0 N–H and O–H groups in total. The Morgan fingerprint density at radius 2 is 2.17 bits per heavy atom. The number of methoxy groups -OCH3 is 1. The Labute approximate surface area is 74.9 Å². The zero-order valence-corrected chi connectivity index (χ0v) is 7.17. The van der Waals surface area contributed by atoms with Crippen LogP contribution >= 0.6 is 11.6 Å². The fourth-order valence-electron chi connectivity index (χ4n) is 0.791. The summed E-state index contributed by atoms with van der Waals surface area (Å²) in [6, 6.07) is 4.75. The summed E-state index contributed by atoms with van der Waals surface area (Å²) in [5.74, 6) is 0.798. The maximum absolute atomic E-state index is 10.0. The first-order valence-corrected chi connectivity index (χ1v) is 3.59. The van der Waals surface area contributed by atoms with Crippen molar-refractivity contribution in [1.29, 1.82) is 0 Å². The monoisotopic (exact) mass is 186 g/mol. The number of ether oxygens (including phenoxy) is 2. The highest BCUT2D eigenvalue weighted by Crippen LogP contribution is 2.29. The predicted octanol–water partition coefficient (Wildman–Crippen LogP) is 1.88. The summed E-state index contributed by atoms with van der Waals surface area (Å²) in [6.07, 6.45) is 0. The second-order valence-corrected chi connectivity index (χ2v) is 2.45. The molecule has 3 nitrogen and oxygen atoms in total. The van der Waals surface area contributed by atoms with Crippen LogP contribution in [0.25, 0.3) is 0 Å². The van der Waals surface area contributed by atoms with Crippen LogP contribution in [0.4, 0.5) is 0 Å². The van der Waals surface area contributed by atoms with E-state index in [4.69, 9.17) is 16.3 Å². The predicted molar refractivity (Wildman–Crippen MR) is 44.7 cm³/mol. The van der Waals surface area contributed by atoms with E-state index >= 15 is 0 Å². The third-order valence-corrected chi connectivity index (χ3v) is 1.54. The lowest BCUT2D eigenvalue weighted by atomic mass is 10.3. The molecule has 0 unspecified atom stereocenters. The van der Waals surface area contributed by atoms with Gasteiger partial charge in [0, 0.05) is 11.1 Å². The number of hydrogen-bond acceptors (Lipinski definition) is 3. The van der Waals surface area contributed by atoms with Crippen LogP contribution in [-0.2, 0) is 4.79 Å². The Kier molecular flexibility index (Phi) is 2.94.